The predicted octanol–water partition coefficient (Wildman–Crippen LogP) is 4.52. The Morgan fingerprint density at radius 2 is 1.29 bits per heavy atom. The van der Waals surface area contributed by atoms with E-state index in [1.165, 1.54) is 25.7 Å². The summed E-state index contributed by atoms with van der Waals surface area (Å²) in [6.07, 6.45) is 5.63. The second kappa shape index (κ2) is 5.18. The fourth-order valence-corrected chi connectivity index (χ4v) is 13.4. The lowest BCUT2D eigenvalue weighted by Crippen LogP contribution is -2.50. The van der Waals surface area contributed by atoms with Crippen LogP contribution in [0.3, 0.4) is 0 Å². The largest absolute Gasteiger partial charge is 0.492 e. The first-order chi connectivity index (χ1) is 15.3. The molecule has 1 aromatic rings. The van der Waals surface area contributed by atoms with E-state index in [2.05, 4.69) is 0 Å². The molecule has 8 aliphatic rings. The number of hydrogen-bond donors (Lipinski definition) is 0. The SMILES string of the molecule is COC(=O)C1(COc2ccccc2)C2C3CCC4C5C6CCC7C6C6C5C(C43)C2C6C71. The van der Waals surface area contributed by atoms with Gasteiger partial charge in [0.25, 0.3) is 0 Å². The van der Waals surface area contributed by atoms with E-state index >= 15 is 0 Å². The number of carbonyl (C=O) groups is 1. The molecule has 3 heteroatoms. The number of esters is 1. The number of carbonyl (C=O) groups excluding carboxylic acids is 1. The lowest BCUT2D eigenvalue weighted by Gasteiger charge is -2.42. The van der Waals surface area contributed by atoms with Gasteiger partial charge < -0.3 is 9.47 Å². The van der Waals surface area contributed by atoms with Gasteiger partial charge in [-0.05, 0) is 121 Å². The highest BCUT2D eigenvalue weighted by Crippen LogP contribution is 2.90. The summed E-state index contributed by atoms with van der Waals surface area (Å²) in [4.78, 5) is 13.9. The molecule has 8 fully saturated rings. The summed E-state index contributed by atoms with van der Waals surface area (Å²) in [6.45, 7) is 0.543. The van der Waals surface area contributed by atoms with Crippen LogP contribution in [0.15, 0.2) is 30.3 Å². The van der Waals surface area contributed by atoms with Gasteiger partial charge in [0.05, 0.1) is 7.11 Å². The summed E-state index contributed by atoms with van der Waals surface area (Å²) in [5.41, 5.74) is -0.409. The minimum absolute atomic E-state index is 0.0766. The van der Waals surface area contributed by atoms with E-state index in [4.69, 9.17) is 9.47 Å². The van der Waals surface area contributed by atoms with Gasteiger partial charge in [-0.3, -0.25) is 4.79 Å². The van der Waals surface area contributed by atoms with Crippen LogP contribution >= 0.6 is 0 Å². The monoisotopic (exact) mass is 416 g/mol. The average molecular weight is 417 g/mol. The number of ether oxygens (including phenoxy) is 2. The zero-order valence-corrected chi connectivity index (χ0v) is 18.2. The Morgan fingerprint density at radius 3 is 1.87 bits per heavy atom. The zero-order chi connectivity index (χ0) is 20.2. The van der Waals surface area contributed by atoms with Crippen LogP contribution in [0, 0.1) is 88.3 Å². The Kier molecular flexibility index (Phi) is 2.84. The Bertz CT molecular complexity index is 941. The fraction of sp³-hybridized carbons (Fsp3) is 0.750. The van der Waals surface area contributed by atoms with Gasteiger partial charge in [-0.15, -0.1) is 0 Å². The quantitative estimate of drug-likeness (QED) is 0.677. The van der Waals surface area contributed by atoms with Gasteiger partial charge in [-0.2, -0.15) is 0 Å². The first-order valence-corrected chi connectivity index (χ1v) is 13.0. The summed E-state index contributed by atoms with van der Waals surface area (Å²) in [7, 11) is 1.64. The van der Waals surface area contributed by atoms with Crippen molar-refractivity contribution in [2.24, 2.45) is 88.3 Å². The molecule has 162 valence electrons. The van der Waals surface area contributed by atoms with Gasteiger partial charge in [0.15, 0.2) is 0 Å². The number of hydrogen-bond acceptors (Lipinski definition) is 3. The van der Waals surface area contributed by atoms with E-state index in [0.717, 1.165) is 76.8 Å². The molecule has 0 aromatic heterocycles. The molecule has 8 saturated carbocycles. The van der Waals surface area contributed by atoms with Crippen molar-refractivity contribution < 1.29 is 14.3 Å². The summed E-state index contributed by atoms with van der Waals surface area (Å²) in [6, 6.07) is 10.2. The topological polar surface area (TPSA) is 35.5 Å². The molecule has 0 bridgehead atoms. The third-order valence-corrected chi connectivity index (χ3v) is 12.9. The molecule has 0 aliphatic heterocycles. The van der Waals surface area contributed by atoms with Crippen LogP contribution in [0.4, 0.5) is 0 Å². The second-order valence-corrected chi connectivity index (χ2v) is 12.6. The molecule has 9 rings (SSSR count). The van der Waals surface area contributed by atoms with Crippen LogP contribution < -0.4 is 4.74 Å². The van der Waals surface area contributed by atoms with Crippen LogP contribution in [0.2, 0.25) is 0 Å². The number of benzene rings is 1. The Balaban J connectivity index is 1.25. The summed E-state index contributed by atoms with van der Waals surface area (Å²) in [5, 5.41) is 0. The van der Waals surface area contributed by atoms with Crippen molar-refractivity contribution in [1.82, 2.24) is 0 Å². The number of fused-ring (bicyclic) bond motifs is 4. The van der Waals surface area contributed by atoms with Gasteiger partial charge in [-0.25, -0.2) is 0 Å². The molecule has 3 nitrogen and oxygen atoms in total. The number of rotatable bonds is 4. The minimum atomic E-state index is -0.409. The average Bonchev–Trinajstić information content (AvgIpc) is 3.58. The van der Waals surface area contributed by atoms with Gasteiger partial charge in [0.1, 0.15) is 17.8 Å². The maximum absolute atomic E-state index is 13.9. The first kappa shape index (κ1) is 17.0. The van der Waals surface area contributed by atoms with Crippen LogP contribution in [-0.4, -0.2) is 19.7 Å². The maximum Gasteiger partial charge on any atom is 0.315 e. The van der Waals surface area contributed by atoms with Crippen molar-refractivity contribution in [2.45, 2.75) is 25.7 Å². The second-order valence-electron chi connectivity index (χ2n) is 12.6. The molecular formula is C28H32O3. The van der Waals surface area contributed by atoms with Gasteiger partial charge in [-0.1, -0.05) is 18.2 Å². The Morgan fingerprint density at radius 1 is 0.774 bits per heavy atom. The first-order valence-electron chi connectivity index (χ1n) is 13.0. The van der Waals surface area contributed by atoms with Crippen LogP contribution in [-0.2, 0) is 9.53 Å². The van der Waals surface area contributed by atoms with E-state index in [1.54, 1.807) is 7.11 Å². The molecule has 8 aliphatic carbocycles. The van der Waals surface area contributed by atoms with Gasteiger partial charge >= 0.3 is 5.97 Å². The van der Waals surface area contributed by atoms with Crippen molar-refractivity contribution in [3.63, 3.8) is 0 Å². The van der Waals surface area contributed by atoms with Crippen molar-refractivity contribution in [1.29, 1.82) is 0 Å². The smallest absolute Gasteiger partial charge is 0.315 e. The van der Waals surface area contributed by atoms with Crippen molar-refractivity contribution in [3.05, 3.63) is 30.3 Å². The van der Waals surface area contributed by atoms with Crippen molar-refractivity contribution in [2.75, 3.05) is 13.7 Å². The zero-order valence-electron chi connectivity index (χ0n) is 18.2. The molecule has 0 saturated heterocycles. The van der Waals surface area contributed by atoms with Crippen LogP contribution in [0.1, 0.15) is 25.7 Å². The summed E-state index contributed by atoms with van der Waals surface area (Å²) < 4.78 is 12.2. The molecule has 0 heterocycles. The van der Waals surface area contributed by atoms with Crippen LogP contribution in [0.25, 0.3) is 0 Å². The Labute approximate surface area is 184 Å². The molecular weight excluding hydrogens is 384 g/mol. The fourth-order valence-electron chi connectivity index (χ4n) is 13.4. The summed E-state index contributed by atoms with van der Waals surface area (Å²) >= 11 is 0. The lowest BCUT2D eigenvalue weighted by atomic mass is 9.62. The molecule has 0 N–H and O–H groups in total. The predicted molar refractivity (Wildman–Crippen MR) is 114 cm³/mol. The highest BCUT2D eigenvalue weighted by Gasteiger charge is 2.89. The highest BCUT2D eigenvalue weighted by atomic mass is 16.5. The molecule has 12 atom stereocenters. The molecule has 0 radical (unpaired) electrons. The Hall–Kier alpha value is -1.51. The normalized spacial score (nSPS) is 61.6. The third-order valence-electron chi connectivity index (χ3n) is 12.9. The lowest BCUT2D eigenvalue weighted by molar-refractivity contribution is -0.165. The van der Waals surface area contributed by atoms with E-state index in [9.17, 15) is 4.79 Å². The minimum Gasteiger partial charge on any atom is -0.492 e. The third kappa shape index (κ3) is 1.53. The standard InChI is InChI=1S/C28H32O3/c1-30-27(29)28(11-31-12-5-3-2-4-6-12)25-15-9-7-13-17-14-8-10-16-19(14)22-20(17)21(18(13)15)23(25)24(22)26(16)28/h2-6,13-26H,7-11H2,1H3. The van der Waals surface area contributed by atoms with Gasteiger partial charge in [0, 0.05) is 0 Å². The van der Waals surface area contributed by atoms with E-state index in [0.29, 0.717) is 18.4 Å². The number of methoxy groups -OCH3 is 1. The molecule has 0 amide bonds. The van der Waals surface area contributed by atoms with Gasteiger partial charge in [0.2, 0.25) is 0 Å². The molecule has 12 unspecified atom stereocenters. The molecule has 1 aromatic carbocycles. The molecule has 31 heavy (non-hydrogen) atoms. The molecule has 0 spiro atoms. The highest BCUT2D eigenvalue weighted by molar-refractivity contribution is 5.79. The van der Waals surface area contributed by atoms with Crippen molar-refractivity contribution in [3.8, 4) is 5.75 Å². The van der Waals surface area contributed by atoms with Crippen LogP contribution in [0.5, 0.6) is 5.75 Å². The number of para-hydroxylation sites is 1. The summed E-state index contributed by atoms with van der Waals surface area (Å²) in [5.74, 6) is 13.0. The van der Waals surface area contributed by atoms with E-state index in [-0.39, 0.29) is 5.97 Å². The van der Waals surface area contributed by atoms with E-state index < -0.39 is 5.41 Å². The maximum atomic E-state index is 13.9. The van der Waals surface area contributed by atoms with Crippen molar-refractivity contribution >= 4 is 5.97 Å². The van der Waals surface area contributed by atoms with E-state index in [1.807, 2.05) is 30.3 Å².